The van der Waals surface area contributed by atoms with Crippen LogP contribution in [0.3, 0.4) is 0 Å². The first-order valence-electron chi connectivity index (χ1n) is 7.43. The predicted octanol–water partition coefficient (Wildman–Crippen LogP) is 3.39. The molecule has 2 aromatic rings. The summed E-state index contributed by atoms with van der Waals surface area (Å²) in [6, 6.07) is 12.7. The smallest absolute Gasteiger partial charge is 0.257 e. The van der Waals surface area contributed by atoms with Gasteiger partial charge in [0, 0.05) is 12.6 Å². The summed E-state index contributed by atoms with van der Waals surface area (Å²) in [7, 11) is 0. The largest absolute Gasteiger partial charge is 0.332 e. The van der Waals surface area contributed by atoms with Crippen LogP contribution < -0.4 is 16.0 Å². The molecule has 0 bridgehead atoms. The van der Waals surface area contributed by atoms with Crippen molar-refractivity contribution in [3.63, 3.8) is 0 Å². The minimum Gasteiger partial charge on any atom is -0.332 e. The van der Waals surface area contributed by atoms with E-state index in [1.165, 1.54) is 6.92 Å². The summed E-state index contributed by atoms with van der Waals surface area (Å²) in [5, 5.41) is 8.36. The van der Waals surface area contributed by atoms with Gasteiger partial charge in [0.05, 0.1) is 11.3 Å². The summed E-state index contributed by atoms with van der Waals surface area (Å²) < 4.78 is 0. The van der Waals surface area contributed by atoms with Crippen LogP contribution >= 0.6 is 12.2 Å². The standard InChI is InChI=1S/C18H19N3O2S/c1-11-8-9-14(10-12(11)2)20-17(23)15-6-4-5-7-16(15)21-18(24)19-13(3)22/h4-10H,1-3H3,(H,20,23)(H2,19,21,22,24). The molecule has 0 radical (unpaired) electrons. The van der Waals surface area contributed by atoms with Crippen LogP contribution in [0, 0.1) is 13.8 Å². The van der Waals surface area contributed by atoms with Gasteiger partial charge in [-0.2, -0.15) is 0 Å². The first kappa shape index (κ1) is 17.6. The molecule has 3 N–H and O–H groups in total. The number of anilines is 2. The number of thiocarbonyl (C=S) groups is 1. The van der Waals surface area contributed by atoms with E-state index in [2.05, 4.69) is 16.0 Å². The van der Waals surface area contributed by atoms with E-state index in [-0.39, 0.29) is 16.9 Å². The molecule has 2 rings (SSSR count). The zero-order chi connectivity index (χ0) is 17.7. The van der Waals surface area contributed by atoms with Gasteiger partial charge in [-0.3, -0.25) is 9.59 Å². The van der Waals surface area contributed by atoms with E-state index in [1.807, 2.05) is 32.0 Å². The molecule has 5 nitrogen and oxygen atoms in total. The number of para-hydroxylation sites is 1. The van der Waals surface area contributed by atoms with Crippen LogP contribution in [-0.4, -0.2) is 16.9 Å². The molecule has 0 aliphatic heterocycles. The highest BCUT2D eigenvalue weighted by atomic mass is 32.1. The summed E-state index contributed by atoms with van der Waals surface area (Å²) in [6.45, 7) is 5.38. The minimum atomic E-state index is -0.274. The average Bonchev–Trinajstić information content (AvgIpc) is 2.50. The van der Waals surface area contributed by atoms with Crippen LogP contribution in [0.25, 0.3) is 0 Å². The van der Waals surface area contributed by atoms with Crippen molar-refractivity contribution in [2.24, 2.45) is 0 Å². The van der Waals surface area contributed by atoms with Crippen LogP contribution in [-0.2, 0) is 4.79 Å². The molecule has 0 unspecified atom stereocenters. The van der Waals surface area contributed by atoms with Gasteiger partial charge in [-0.25, -0.2) is 0 Å². The Morgan fingerprint density at radius 3 is 2.33 bits per heavy atom. The summed E-state index contributed by atoms with van der Waals surface area (Å²) in [5.74, 6) is -0.531. The summed E-state index contributed by atoms with van der Waals surface area (Å²) in [5.41, 5.74) is 3.95. The number of aryl methyl sites for hydroxylation is 2. The minimum absolute atomic E-state index is 0.147. The van der Waals surface area contributed by atoms with E-state index in [1.54, 1.807) is 24.3 Å². The molecular formula is C18H19N3O2S. The Kier molecular flexibility index (Phi) is 5.65. The van der Waals surface area contributed by atoms with Gasteiger partial charge in [-0.05, 0) is 61.5 Å². The van der Waals surface area contributed by atoms with Gasteiger partial charge in [0.15, 0.2) is 5.11 Å². The molecule has 2 aromatic carbocycles. The lowest BCUT2D eigenvalue weighted by Gasteiger charge is -2.13. The zero-order valence-corrected chi connectivity index (χ0v) is 14.6. The molecule has 0 aliphatic rings. The maximum Gasteiger partial charge on any atom is 0.257 e. The Morgan fingerprint density at radius 1 is 0.958 bits per heavy atom. The lowest BCUT2D eigenvalue weighted by molar-refractivity contribution is -0.117. The van der Waals surface area contributed by atoms with Gasteiger partial charge in [0.2, 0.25) is 5.91 Å². The van der Waals surface area contributed by atoms with Crippen molar-refractivity contribution in [1.29, 1.82) is 0 Å². The highest BCUT2D eigenvalue weighted by molar-refractivity contribution is 7.80. The second kappa shape index (κ2) is 7.70. The van der Waals surface area contributed by atoms with E-state index in [0.29, 0.717) is 11.3 Å². The molecule has 0 aliphatic carbocycles. The third-order valence-corrected chi connectivity index (χ3v) is 3.68. The molecule has 0 heterocycles. The number of hydrogen-bond donors (Lipinski definition) is 3. The van der Waals surface area contributed by atoms with E-state index in [4.69, 9.17) is 12.2 Å². The van der Waals surface area contributed by atoms with Crippen molar-refractivity contribution in [3.8, 4) is 0 Å². The van der Waals surface area contributed by atoms with Crippen LogP contribution in [0.4, 0.5) is 11.4 Å². The van der Waals surface area contributed by atoms with Gasteiger partial charge >= 0.3 is 0 Å². The highest BCUT2D eigenvalue weighted by Gasteiger charge is 2.12. The Bertz CT molecular complexity index is 803. The van der Waals surface area contributed by atoms with Crippen molar-refractivity contribution in [1.82, 2.24) is 5.32 Å². The lowest BCUT2D eigenvalue weighted by atomic mass is 10.1. The number of benzene rings is 2. The normalized spacial score (nSPS) is 9.96. The van der Waals surface area contributed by atoms with E-state index in [0.717, 1.165) is 16.8 Å². The Labute approximate surface area is 146 Å². The Morgan fingerprint density at radius 2 is 1.67 bits per heavy atom. The number of carbonyl (C=O) groups is 2. The van der Waals surface area contributed by atoms with Crippen molar-refractivity contribution in [2.75, 3.05) is 10.6 Å². The first-order valence-corrected chi connectivity index (χ1v) is 7.84. The molecule has 0 aromatic heterocycles. The third kappa shape index (κ3) is 4.63. The topological polar surface area (TPSA) is 70.2 Å². The molecular weight excluding hydrogens is 322 g/mol. The number of rotatable bonds is 3. The van der Waals surface area contributed by atoms with Crippen LogP contribution in [0.1, 0.15) is 28.4 Å². The van der Waals surface area contributed by atoms with Crippen molar-refractivity contribution >= 4 is 40.5 Å². The van der Waals surface area contributed by atoms with Gasteiger partial charge < -0.3 is 16.0 Å². The van der Waals surface area contributed by atoms with Crippen LogP contribution in [0.5, 0.6) is 0 Å². The summed E-state index contributed by atoms with van der Waals surface area (Å²) in [6.07, 6.45) is 0. The second-order valence-electron chi connectivity index (χ2n) is 5.43. The molecule has 24 heavy (non-hydrogen) atoms. The fraction of sp³-hybridized carbons (Fsp3) is 0.167. The highest BCUT2D eigenvalue weighted by Crippen LogP contribution is 2.19. The summed E-state index contributed by atoms with van der Waals surface area (Å²) in [4.78, 5) is 23.6. The van der Waals surface area contributed by atoms with Gasteiger partial charge in [-0.15, -0.1) is 0 Å². The van der Waals surface area contributed by atoms with Crippen molar-refractivity contribution in [3.05, 3.63) is 59.2 Å². The van der Waals surface area contributed by atoms with Crippen molar-refractivity contribution in [2.45, 2.75) is 20.8 Å². The summed E-state index contributed by atoms with van der Waals surface area (Å²) >= 11 is 5.04. The maximum atomic E-state index is 12.6. The fourth-order valence-corrected chi connectivity index (χ4v) is 2.37. The molecule has 0 spiro atoms. The van der Waals surface area contributed by atoms with Crippen molar-refractivity contribution < 1.29 is 9.59 Å². The molecule has 6 heteroatoms. The average molecular weight is 341 g/mol. The number of nitrogens with one attached hydrogen (secondary N) is 3. The number of amides is 2. The maximum absolute atomic E-state index is 12.6. The molecule has 0 saturated heterocycles. The van der Waals surface area contributed by atoms with Crippen LogP contribution in [0.2, 0.25) is 0 Å². The molecule has 0 atom stereocenters. The fourth-order valence-electron chi connectivity index (χ4n) is 2.12. The SMILES string of the molecule is CC(=O)NC(=S)Nc1ccccc1C(=O)Nc1ccc(C)c(C)c1. The molecule has 2 amide bonds. The van der Waals surface area contributed by atoms with E-state index in [9.17, 15) is 9.59 Å². The number of hydrogen-bond acceptors (Lipinski definition) is 3. The molecule has 0 saturated carbocycles. The van der Waals surface area contributed by atoms with E-state index < -0.39 is 0 Å². The Hall–Kier alpha value is -2.73. The quantitative estimate of drug-likeness (QED) is 0.749. The lowest BCUT2D eigenvalue weighted by Crippen LogP contribution is -2.32. The third-order valence-electron chi connectivity index (χ3n) is 3.47. The predicted molar refractivity (Wildman–Crippen MR) is 100 cm³/mol. The zero-order valence-electron chi connectivity index (χ0n) is 13.8. The van der Waals surface area contributed by atoms with Gasteiger partial charge in [0.1, 0.15) is 0 Å². The van der Waals surface area contributed by atoms with Gasteiger partial charge in [0.25, 0.3) is 5.91 Å². The molecule has 124 valence electrons. The molecule has 0 fully saturated rings. The second-order valence-corrected chi connectivity index (χ2v) is 5.84. The Balaban J connectivity index is 2.18. The first-order chi connectivity index (χ1) is 11.4. The van der Waals surface area contributed by atoms with E-state index >= 15 is 0 Å². The number of carbonyl (C=O) groups excluding carboxylic acids is 2. The monoisotopic (exact) mass is 341 g/mol. The van der Waals surface area contributed by atoms with Crippen LogP contribution in [0.15, 0.2) is 42.5 Å². The van der Waals surface area contributed by atoms with Gasteiger partial charge in [-0.1, -0.05) is 18.2 Å².